The number of carbonyl (C=O) groups excluding carboxylic acids is 4. The molecule has 2 aliphatic carbocycles. The summed E-state index contributed by atoms with van der Waals surface area (Å²) in [6.45, 7) is 2.71. The topological polar surface area (TPSA) is 147 Å². The molecule has 5 aliphatic rings. The summed E-state index contributed by atoms with van der Waals surface area (Å²) < 4.78 is 22.3. The Bertz CT molecular complexity index is 2410. The van der Waals surface area contributed by atoms with Gasteiger partial charge in [0.25, 0.3) is 11.8 Å². The summed E-state index contributed by atoms with van der Waals surface area (Å²) in [4.78, 5) is 63.5. The molecule has 4 fully saturated rings. The van der Waals surface area contributed by atoms with Gasteiger partial charge in [0.05, 0.1) is 74.1 Å². The highest BCUT2D eigenvalue weighted by molar-refractivity contribution is 6.36. The summed E-state index contributed by atoms with van der Waals surface area (Å²) in [5.74, 6) is -5.47. The molecule has 0 bridgehead atoms. The highest BCUT2D eigenvalue weighted by Gasteiger charge is 2.70. The molecule has 4 amide bonds. The van der Waals surface area contributed by atoms with E-state index in [1.165, 1.54) is 32.3 Å². The third-order valence-electron chi connectivity index (χ3n) is 12.9. The molecule has 6 atom stereocenters. The van der Waals surface area contributed by atoms with Gasteiger partial charge in [-0.15, -0.1) is 0 Å². The number of hydrogen-bond acceptors (Lipinski definition) is 11. The standard InChI is InChI=1S/C45H42Cl2N4O9/c1-57-29-11-4-25(5-12-29)45-33(42(54)51(44(45)56)48-35-15-6-26(46)22-34(35)47)23-32-30(39(45)24-20-36(58-2)40(52)37(21-24)59-3)13-14-31-38(32)43(55)50(41(31)53)28-9-7-27(8-10-28)49-16-18-60-19-17-49/h4-13,15,20-22,31-33,38-39,48,52H,14,16-19,23H2,1-3H3. The number of halogens is 2. The first-order valence-electron chi connectivity index (χ1n) is 19.7. The summed E-state index contributed by atoms with van der Waals surface area (Å²) in [6.07, 6.45) is 2.26. The molecule has 3 aliphatic heterocycles. The lowest BCUT2D eigenvalue weighted by Gasteiger charge is -2.50. The number of methoxy groups -OCH3 is 3. The Hall–Kier alpha value is -5.76. The second-order valence-corrected chi connectivity index (χ2v) is 16.5. The van der Waals surface area contributed by atoms with Crippen LogP contribution < -0.4 is 29.4 Å². The van der Waals surface area contributed by atoms with Crippen LogP contribution in [0.2, 0.25) is 10.0 Å². The molecular formula is C45H42Cl2N4O9. The zero-order valence-electron chi connectivity index (χ0n) is 33.0. The fraction of sp³-hybridized carbons (Fsp3) is 0.333. The van der Waals surface area contributed by atoms with E-state index in [4.69, 9.17) is 42.1 Å². The van der Waals surface area contributed by atoms with Gasteiger partial charge < -0.3 is 29.0 Å². The van der Waals surface area contributed by atoms with Gasteiger partial charge in [0.1, 0.15) is 5.75 Å². The first kappa shape index (κ1) is 39.7. The predicted octanol–water partition coefficient (Wildman–Crippen LogP) is 6.75. The average Bonchev–Trinajstić information content (AvgIpc) is 3.65. The number of phenolic OH excluding ortho intramolecular Hbond substituents is 1. The van der Waals surface area contributed by atoms with E-state index in [0.717, 1.165) is 29.4 Å². The Balaban J connectivity index is 1.20. The second kappa shape index (κ2) is 15.4. The van der Waals surface area contributed by atoms with E-state index >= 15 is 9.59 Å². The quantitative estimate of drug-likeness (QED) is 0.136. The Morgan fingerprint density at radius 2 is 1.45 bits per heavy atom. The number of ether oxygens (including phenoxy) is 4. The first-order valence-corrected chi connectivity index (χ1v) is 20.5. The van der Waals surface area contributed by atoms with Crippen molar-refractivity contribution in [1.82, 2.24) is 5.01 Å². The molecule has 6 unspecified atom stereocenters. The van der Waals surface area contributed by atoms with Gasteiger partial charge in [0.15, 0.2) is 11.5 Å². The van der Waals surface area contributed by atoms with Crippen LogP contribution in [0.15, 0.2) is 90.5 Å². The normalized spacial score (nSPS) is 26.1. The van der Waals surface area contributed by atoms with Gasteiger partial charge in [0.2, 0.25) is 17.6 Å². The van der Waals surface area contributed by atoms with Gasteiger partial charge in [-0.2, -0.15) is 5.01 Å². The number of nitrogens with zero attached hydrogens (tertiary/aromatic N) is 3. The Kier molecular flexibility index (Phi) is 10.2. The van der Waals surface area contributed by atoms with Crippen LogP contribution in [0.1, 0.15) is 29.9 Å². The minimum atomic E-state index is -1.63. The number of hydrogen-bond donors (Lipinski definition) is 2. The molecule has 2 N–H and O–H groups in total. The Labute approximate surface area is 356 Å². The van der Waals surface area contributed by atoms with Crippen molar-refractivity contribution < 1.29 is 43.2 Å². The van der Waals surface area contributed by atoms with E-state index in [9.17, 15) is 14.7 Å². The van der Waals surface area contributed by atoms with Gasteiger partial charge in [-0.1, -0.05) is 47.0 Å². The molecule has 9 rings (SSSR count). The molecule has 4 aromatic rings. The second-order valence-electron chi connectivity index (χ2n) is 15.6. The van der Waals surface area contributed by atoms with Gasteiger partial charge in [-0.25, -0.2) is 0 Å². The average molecular weight is 854 g/mol. The van der Waals surface area contributed by atoms with Gasteiger partial charge in [0, 0.05) is 29.7 Å². The third-order valence-corrected chi connectivity index (χ3v) is 13.4. The van der Waals surface area contributed by atoms with Gasteiger partial charge in [-0.05, 0) is 96.6 Å². The molecule has 4 aromatic carbocycles. The smallest absolute Gasteiger partial charge is 0.260 e. The van der Waals surface area contributed by atoms with Crippen molar-refractivity contribution in [1.29, 1.82) is 0 Å². The highest BCUT2D eigenvalue weighted by atomic mass is 35.5. The summed E-state index contributed by atoms with van der Waals surface area (Å²) in [6, 6.07) is 22.4. The number of allylic oxidation sites excluding steroid dienone is 2. The summed E-state index contributed by atoms with van der Waals surface area (Å²) >= 11 is 12.8. The lowest BCUT2D eigenvalue weighted by Crippen LogP contribution is -2.53. The zero-order chi connectivity index (χ0) is 42.0. The molecule has 3 heterocycles. The fourth-order valence-electron chi connectivity index (χ4n) is 10.2. The van der Waals surface area contributed by atoms with E-state index in [1.54, 1.807) is 60.7 Å². The van der Waals surface area contributed by atoms with Crippen LogP contribution in [0.5, 0.6) is 23.0 Å². The van der Waals surface area contributed by atoms with Crippen LogP contribution in [0, 0.1) is 23.7 Å². The lowest BCUT2D eigenvalue weighted by atomic mass is 9.49. The number of benzene rings is 4. The van der Waals surface area contributed by atoms with Crippen LogP contribution >= 0.6 is 23.2 Å². The molecule has 3 saturated heterocycles. The van der Waals surface area contributed by atoms with Crippen LogP contribution in [-0.2, 0) is 29.3 Å². The monoisotopic (exact) mass is 852 g/mol. The predicted molar refractivity (Wildman–Crippen MR) is 224 cm³/mol. The molecule has 60 heavy (non-hydrogen) atoms. The number of anilines is 3. The van der Waals surface area contributed by atoms with Crippen molar-refractivity contribution in [2.75, 3.05) is 62.9 Å². The van der Waals surface area contributed by atoms with E-state index in [-0.39, 0.29) is 52.6 Å². The fourth-order valence-corrected chi connectivity index (χ4v) is 10.6. The molecule has 13 nitrogen and oxygen atoms in total. The number of aromatic hydroxyl groups is 1. The van der Waals surface area contributed by atoms with Crippen molar-refractivity contribution >= 4 is 63.9 Å². The number of hydrazine groups is 1. The Morgan fingerprint density at radius 1 is 0.783 bits per heavy atom. The molecule has 0 radical (unpaired) electrons. The number of carbonyl (C=O) groups is 4. The minimum absolute atomic E-state index is 0.0712. The molecule has 0 spiro atoms. The number of phenols is 1. The van der Waals surface area contributed by atoms with Gasteiger partial charge in [-0.3, -0.25) is 29.5 Å². The van der Waals surface area contributed by atoms with Gasteiger partial charge >= 0.3 is 0 Å². The number of amides is 4. The molecule has 1 saturated carbocycles. The van der Waals surface area contributed by atoms with E-state index in [0.29, 0.717) is 40.8 Å². The van der Waals surface area contributed by atoms with Crippen molar-refractivity contribution in [3.05, 3.63) is 112 Å². The summed E-state index contributed by atoms with van der Waals surface area (Å²) in [7, 11) is 4.35. The SMILES string of the molecule is COc1ccc(C23C(=O)N(Nc4ccc(Cl)cc4Cl)C(=O)C2CC2C(=CCC4C(=O)N(c5ccc(N6CCOCC6)cc5)C(=O)C42)C3c2cc(OC)c(O)c(OC)c2)cc1. The third kappa shape index (κ3) is 6.08. The molecule has 15 heteroatoms. The number of rotatable bonds is 9. The zero-order valence-corrected chi connectivity index (χ0v) is 34.5. The lowest BCUT2D eigenvalue weighted by molar-refractivity contribution is -0.138. The molecule has 0 aromatic heterocycles. The van der Waals surface area contributed by atoms with Crippen molar-refractivity contribution in [3.8, 4) is 23.0 Å². The minimum Gasteiger partial charge on any atom is -0.502 e. The maximum Gasteiger partial charge on any atom is 0.260 e. The molecule has 310 valence electrons. The number of nitrogens with one attached hydrogen (secondary N) is 1. The van der Waals surface area contributed by atoms with Crippen LogP contribution in [0.25, 0.3) is 0 Å². The van der Waals surface area contributed by atoms with Crippen LogP contribution in [-0.4, -0.2) is 81.4 Å². The van der Waals surface area contributed by atoms with Crippen molar-refractivity contribution in [2.45, 2.75) is 24.2 Å². The Morgan fingerprint density at radius 3 is 2.08 bits per heavy atom. The van der Waals surface area contributed by atoms with Crippen LogP contribution in [0.3, 0.4) is 0 Å². The van der Waals surface area contributed by atoms with Crippen LogP contribution in [0.4, 0.5) is 17.1 Å². The maximum absolute atomic E-state index is 15.6. The largest absolute Gasteiger partial charge is 0.502 e. The number of fused-ring (bicyclic) bond motifs is 4. The van der Waals surface area contributed by atoms with Crippen molar-refractivity contribution in [3.63, 3.8) is 0 Å². The van der Waals surface area contributed by atoms with E-state index in [2.05, 4.69) is 10.3 Å². The molecular weight excluding hydrogens is 811 g/mol. The number of morpholine rings is 1. The summed E-state index contributed by atoms with van der Waals surface area (Å²) in [5, 5.41) is 12.7. The summed E-state index contributed by atoms with van der Waals surface area (Å²) in [5.41, 5.74) is 4.83. The van der Waals surface area contributed by atoms with E-state index in [1.807, 2.05) is 18.2 Å². The van der Waals surface area contributed by atoms with E-state index < -0.39 is 46.8 Å². The maximum atomic E-state index is 15.6. The highest BCUT2D eigenvalue weighted by Crippen LogP contribution is 2.65. The first-order chi connectivity index (χ1) is 29.0. The number of imide groups is 2. The van der Waals surface area contributed by atoms with Crippen molar-refractivity contribution in [2.24, 2.45) is 23.7 Å².